The van der Waals surface area contributed by atoms with Gasteiger partial charge in [0, 0.05) is 11.6 Å². The summed E-state index contributed by atoms with van der Waals surface area (Å²) in [6, 6.07) is 2.89. The van der Waals surface area contributed by atoms with E-state index in [0.717, 1.165) is 0 Å². The third-order valence-corrected chi connectivity index (χ3v) is 3.16. The number of hydrogen-bond acceptors (Lipinski definition) is 4. The quantitative estimate of drug-likeness (QED) is 0.887. The molecule has 0 fully saturated rings. The van der Waals surface area contributed by atoms with E-state index in [9.17, 15) is 18.0 Å². The molecule has 2 rings (SSSR count). The van der Waals surface area contributed by atoms with Crippen molar-refractivity contribution < 1.29 is 22.7 Å². The van der Waals surface area contributed by atoms with Gasteiger partial charge in [-0.05, 0) is 19.9 Å². The summed E-state index contributed by atoms with van der Waals surface area (Å²) in [6.45, 7) is 3.26. The van der Waals surface area contributed by atoms with Crippen molar-refractivity contribution in [1.29, 1.82) is 0 Å². The van der Waals surface area contributed by atoms with Crippen molar-refractivity contribution in [2.45, 2.75) is 20.0 Å². The van der Waals surface area contributed by atoms with Gasteiger partial charge in [0.05, 0.1) is 11.6 Å². The molecule has 0 aliphatic heterocycles. The molecule has 10 heteroatoms. The topological polar surface area (TPSA) is 79.9 Å². The van der Waals surface area contributed by atoms with Crippen LogP contribution in [0.25, 0.3) is 0 Å². The summed E-state index contributed by atoms with van der Waals surface area (Å²) in [5.41, 5.74) is -1.44. The Morgan fingerprint density at radius 2 is 2.13 bits per heavy atom. The van der Waals surface area contributed by atoms with E-state index >= 15 is 0 Å². The standard InChI is InChI=1S/C13H12ClF3N4O2/c1-3-23-8-5-4-7(14)9(18-8)12(22)19-11-6(2)10(20-21-11)13(15,16)17/h4-5H,3H2,1-2H3,(H2,19,20,21,22). The maximum absolute atomic E-state index is 12.7. The van der Waals surface area contributed by atoms with Crippen molar-refractivity contribution in [2.75, 3.05) is 11.9 Å². The zero-order valence-corrected chi connectivity index (χ0v) is 12.8. The van der Waals surface area contributed by atoms with Crippen LogP contribution in [0.3, 0.4) is 0 Å². The highest BCUT2D eigenvalue weighted by Crippen LogP contribution is 2.32. The summed E-state index contributed by atoms with van der Waals surface area (Å²) < 4.78 is 43.2. The monoisotopic (exact) mass is 348 g/mol. The Bertz CT molecular complexity index is 730. The number of aromatic nitrogens is 3. The van der Waals surface area contributed by atoms with Gasteiger partial charge in [0.25, 0.3) is 5.91 Å². The Morgan fingerprint density at radius 1 is 1.43 bits per heavy atom. The van der Waals surface area contributed by atoms with Gasteiger partial charge >= 0.3 is 6.18 Å². The van der Waals surface area contributed by atoms with E-state index in [-0.39, 0.29) is 28.0 Å². The van der Waals surface area contributed by atoms with Crippen molar-refractivity contribution >= 4 is 23.3 Å². The number of carbonyl (C=O) groups is 1. The zero-order chi connectivity index (χ0) is 17.2. The molecule has 1 amide bonds. The van der Waals surface area contributed by atoms with E-state index in [4.69, 9.17) is 16.3 Å². The molecule has 6 nitrogen and oxygen atoms in total. The smallest absolute Gasteiger partial charge is 0.433 e. The first kappa shape index (κ1) is 17.1. The molecule has 23 heavy (non-hydrogen) atoms. The molecule has 2 aromatic rings. The zero-order valence-electron chi connectivity index (χ0n) is 12.1. The van der Waals surface area contributed by atoms with E-state index in [1.54, 1.807) is 6.92 Å². The van der Waals surface area contributed by atoms with Crippen LogP contribution in [0.1, 0.15) is 28.7 Å². The molecule has 0 saturated heterocycles. The molecule has 0 aliphatic carbocycles. The molecule has 0 spiro atoms. The number of rotatable bonds is 4. The van der Waals surface area contributed by atoms with Crippen LogP contribution >= 0.6 is 11.6 Å². The number of nitrogens with one attached hydrogen (secondary N) is 2. The largest absolute Gasteiger partial charge is 0.478 e. The van der Waals surface area contributed by atoms with Crippen LogP contribution in [0, 0.1) is 6.92 Å². The number of hydrogen-bond donors (Lipinski definition) is 2. The first-order valence-corrected chi connectivity index (χ1v) is 6.84. The fraction of sp³-hybridized carbons (Fsp3) is 0.308. The number of pyridine rings is 1. The second-order valence-corrected chi connectivity index (χ2v) is 4.84. The Balaban J connectivity index is 2.26. The summed E-state index contributed by atoms with van der Waals surface area (Å²) >= 11 is 5.89. The third kappa shape index (κ3) is 3.73. The Morgan fingerprint density at radius 3 is 2.70 bits per heavy atom. The van der Waals surface area contributed by atoms with Crippen molar-refractivity contribution in [3.8, 4) is 5.88 Å². The van der Waals surface area contributed by atoms with Crippen molar-refractivity contribution in [3.05, 3.63) is 34.1 Å². The highest BCUT2D eigenvalue weighted by Gasteiger charge is 2.36. The van der Waals surface area contributed by atoms with Gasteiger partial charge in [0.2, 0.25) is 5.88 Å². The number of anilines is 1. The number of ether oxygens (including phenoxy) is 1. The highest BCUT2D eigenvalue weighted by molar-refractivity contribution is 6.34. The van der Waals surface area contributed by atoms with E-state index in [0.29, 0.717) is 6.61 Å². The molecule has 0 unspecified atom stereocenters. The van der Waals surface area contributed by atoms with Crippen molar-refractivity contribution in [3.63, 3.8) is 0 Å². The Hall–Kier alpha value is -2.29. The lowest BCUT2D eigenvalue weighted by Crippen LogP contribution is -2.16. The van der Waals surface area contributed by atoms with Gasteiger partial charge in [-0.1, -0.05) is 11.6 Å². The fourth-order valence-electron chi connectivity index (χ4n) is 1.77. The van der Waals surface area contributed by atoms with Crippen LogP contribution < -0.4 is 10.1 Å². The number of halogens is 4. The molecule has 0 atom stereocenters. The lowest BCUT2D eigenvalue weighted by atomic mass is 10.2. The maximum atomic E-state index is 12.7. The van der Waals surface area contributed by atoms with Crippen molar-refractivity contribution in [2.24, 2.45) is 0 Å². The molecule has 0 saturated carbocycles. The first-order chi connectivity index (χ1) is 10.7. The van der Waals surface area contributed by atoms with E-state index in [2.05, 4.69) is 15.4 Å². The summed E-state index contributed by atoms with van der Waals surface area (Å²) in [5.74, 6) is -0.862. The minimum atomic E-state index is -4.59. The van der Waals surface area contributed by atoms with Gasteiger partial charge in [-0.3, -0.25) is 9.89 Å². The molecule has 2 aromatic heterocycles. The lowest BCUT2D eigenvalue weighted by molar-refractivity contribution is -0.141. The third-order valence-electron chi connectivity index (χ3n) is 2.85. The van der Waals surface area contributed by atoms with E-state index in [1.807, 2.05) is 5.10 Å². The van der Waals surface area contributed by atoms with Gasteiger partial charge in [-0.15, -0.1) is 0 Å². The van der Waals surface area contributed by atoms with Gasteiger partial charge < -0.3 is 10.1 Å². The van der Waals surface area contributed by atoms with Crippen LogP contribution in [-0.2, 0) is 6.18 Å². The average Bonchev–Trinajstić information content (AvgIpc) is 2.82. The van der Waals surface area contributed by atoms with Crippen LogP contribution in [0.15, 0.2) is 12.1 Å². The molecule has 2 N–H and O–H groups in total. The molecule has 0 radical (unpaired) electrons. The second kappa shape index (κ2) is 6.45. The van der Waals surface area contributed by atoms with E-state index < -0.39 is 17.8 Å². The predicted molar refractivity (Wildman–Crippen MR) is 76.7 cm³/mol. The van der Waals surface area contributed by atoms with Crippen LogP contribution in [-0.4, -0.2) is 27.7 Å². The number of amides is 1. The first-order valence-electron chi connectivity index (χ1n) is 6.47. The summed E-state index contributed by atoms with van der Waals surface area (Å²) in [5, 5.41) is 7.59. The van der Waals surface area contributed by atoms with Gasteiger partial charge in [-0.25, -0.2) is 4.98 Å². The summed E-state index contributed by atoms with van der Waals surface area (Å²) in [6.07, 6.45) is -4.59. The highest BCUT2D eigenvalue weighted by atomic mass is 35.5. The predicted octanol–water partition coefficient (Wildman–Crippen LogP) is 3.44. The van der Waals surface area contributed by atoms with Crippen LogP contribution in [0.2, 0.25) is 5.02 Å². The lowest BCUT2D eigenvalue weighted by Gasteiger charge is -2.08. The number of aromatic amines is 1. The van der Waals surface area contributed by atoms with Gasteiger partial charge in [-0.2, -0.15) is 18.3 Å². The number of nitrogens with zero attached hydrogens (tertiary/aromatic N) is 2. The molecule has 0 bridgehead atoms. The van der Waals surface area contributed by atoms with Crippen LogP contribution in [0.5, 0.6) is 5.88 Å². The molecular formula is C13H12ClF3N4O2. The summed E-state index contributed by atoms with van der Waals surface area (Å²) in [7, 11) is 0. The molecule has 2 heterocycles. The van der Waals surface area contributed by atoms with Crippen LogP contribution in [0.4, 0.5) is 19.0 Å². The number of carbonyl (C=O) groups excluding carboxylic acids is 1. The fourth-order valence-corrected chi connectivity index (χ4v) is 1.97. The maximum Gasteiger partial charge on any atom is 0.433 e. The molecule has 0 aliphatic rings. The van der Waals surface area contributed by atoms with Gasteiger partial charge in [0.1, 0.15) is 5.69 Å². The molecular weight excluding hydrogens is 337 g/mol. The molecule has 124 valence electrons. The Labute approximate surface area is 134 Å². The van der Waals surface area contributed by atoms with Crippen molar-refractivity contribution in [1.82, 2.24) is 15.2 Å². The van der Waals surface area contributed by atoms with Gasteiger partial charge in [0.15, 0.2) is 11.5 Å². The second-order valence-electron chi connectivity index (χ2n) is 4.44. The minimum absolute atomic E-state index is 0.0372. The summed E-state index contributed by atoms with van der Waals surface area (Å²) in [4.78, 5) is 16.1. The molecule has 0 aromatic carbocycles. The average molecular weight is 349 g/mol. The normalized spacial score (nSPS) is 11.4. The minimum Gasteiger partial charge on any atom is -0.478 e. The van der Waals surface area contributed by atoms with E-state index in [1.165, 1.54) is 19.1 Å². The number of alkyl halides is 3. The number of H-pyrrole nitrogens is 1. The SMILES string of the molecule is CCOc1ccc(Cl)c(C(=O)Nc2n[nH]c(C(F)(F)F)c2C)n1. The Kier molecular flexibility index (Phi) is 4.79.